The van der Waals surface area contributed by atoms with Crippen molar-refractivity contribution >= 4 is 0 Å². The van der Waals surface area contributed by atoms with Gasteiger partial charge in [0, 0.05) is 6.04 Å². The zero-order chi connectivity index (χ0) is 7.82. The SMILES string of the molecule is CCC/C=C/CCC(C)N. The number of nitrogens with two attached hydrogens (primary N) is 1. The molecule has 0 aromatic rings. The molecule has 1 heteroatoms. The van der Waals surface area contributed by atoms with Gasteiger partial charge < -0.3 is 5.73 Å². The largest absolute Gasteiger partial charge is 0.328 e. The van der Waals surface area contributed by atoms with Crippen molar-refractivity contribution in [2.75, 3.05) is 0 Å². The highest BCUT2D eigenvalue weighted by molar-refractivity contribution is 4.81. The summed E-state index contributed by atoms with van der Waals surface area (Å²) in [6, 6.07) is 0.353. The molecule has 0 fully saturated rings. The molecule has 0 radical (unpaired) electrons. The molecule has 60 valence electrons. The Morgan fingerprint density at radius 2 is 1.90 bits per heavy atom. The van der Waals surface area contributed by atoms with Gasteiger partial charge in [0.1, 0.15) is 0 Å². The van der Waals surface area contributed by atoms with Crippen molar-refractivity contribution < 1.29 is 0 Å². The second-order valence-corrected chi connectivity index (χ2v) is 2.81. The third-order valence-electron chi connectivity index (χ3n) is 1.41. The van der Waals surface area contributed by atoms with Crippen LogP contribution in [-0.2, 0) is 0 Å². The summed E-state index contributed by atoms with van der Waals surface area (Å²) >= 11 is 0. The molecule has 0 heterocycles. The summed E-state index contributed by atoms with van der Waals surface area (Å²) in [5.74, 6) is 0. The maximum atomic E-state index is 5.57. The highest BCUT2D eigenvalue weighted by Gasteiger charge is 1.88. The zero-order valence-corrected chi connectivity index (χ0v) is 7.14. The molecule has 0 spiro atoms. The van der Waals surface area contributed by atoms with Gasteiger partial charge in [-0.3, -0.25) is 0 Å². The summed E-state index contributed by atoms with van der Waals surface area (Å²) in [4.78, 5) is 0. The van der Waals surface area contributed by atoms with E-state index in [0.717, 1.165) is 12.8 Å². The van der Waals surface area contributed by atoms with E-state index in [1.807, 2.05) is 6.92 Å². The summed E-state index contributed by atoms with van der Waals surface area (Å²) in [5.41, 5.74) is 5.57. The normalized spacial score (nSPS) is 14.3. The van der Waals surface area contributed by atoms with E-state index in [-0.39, 0.29) is 0 Å². The number of hydrogen-bond acceptors (Lipinski definition) is 1. The molecule has 0 aliphatic heterocycles. The smallest absolute Gasteiger partial charge is 0.00134 e. The van der Waals surface area contributed by atoms with Gasteiger partial charge in [0.25, 0.3) is 0 Å². The van der Waals surface area contributed by atoms with Crippen molar-refractivity contribution in [3.63, 3.8) is 0 Å². The third kappa shape index (κ3) is 7.70. The average molecular weight is 141 g/mol. The Balaban J connectivity index is 3.02. The molecule has 1 nitrogen and oxygen atoms in total. The molecule has 0 saturated carbocycles. The molecule has 0 aromatic heterocycles. The quantitative estimate of drug-likeness (QED) is 0.585. The van der Waals surface area contributed by atoms with E-state index >= 15 is 0 Å². The Bertz CT molecular complexity index is 84.7. The Hall–Kier alpha value is -0.300. The molecule has 1 atom stereocenters. The van der Waals surface area contributed by atoms with Crippen molar-refractivity contribution in [2.24, 2.45) is 5.73 Å². The standard InChI is InChI=1S/C9H19N/c1-3-4-5-6-7-8-9(2)10/h5-6,9H,3-4,7-8,10H2,1-2H3/b6-5+. The lowest BCUT2D eigenvalue weighted by Crippen LogP contribution is -2.13. The fourth-order valence-corrected chi connectivity index (χ4v) is 0.761. The molecular weight excluding hydrogens is 122 g/mol. The fraction of sp³-hybridized carbons (Fsp3) is 0.778. The van der Waals surface area contributed by atoms with E-state index in [1.54, 1.807) is 0 Å². The summed E-state index contributed by atoms with van der Waals surface area (Å²) in [7, 11) is 0. The summed E-state index contributed by atoms with van der Waals surface area (Å²) in [6.45, 7) is 4.24. The topological polar surface area (TPSA) is 26.0 Å². The van der Waals surface area contributed by atoms with Crippen LogP contribution in [0.5, 0.6) is 0 Å². The Labute approximate surface area is 64.3 Å². The lowest BCUT2D eigenvalue weighted by atomic mass is 10.2. The van der Waals surface area contributed by atoms with Gasteiger partial charge >= 0.3 is 0 Å². The lowest BCUT2D eigenvalue weighted by Gasteiger charge is -1.98. The molecule has 0 rings (SSSR count). The predicted octanol–water partition coefficient (Wildman–Crippen LogP) is 2.47. The summed E-state index contributed by atoms with van der Waals surface area (Å²) < 4.78 is 0. The van der Waals surface area contributed by atoms with Gasteiger partial charge in [0.05, 0.1) is 0 Å². The molecule has 0 aliphatic carbocycles. The van der Waals surface area contributed by atoms with Crippen molar-refractivity contribution in [3.05, 3.63) is 12.2 Å². The van der Waals surface area contributed by atoms with Crippen LogP contribution in [0.3, 0.4) is 0 Å². The first kappa shape index (κ1) is 9.70. The second kappa shape index (κ2) is 6.81. The van der Waals surface area contributed by atoms with Gasteiger partial charge in [0.15, 0.2) is 0 Å². The van der Waals surface area contributed by atoms with E-state index in [1.165, 1.54) is 12.8 Å². The third-order valence-corrected chi connectivity index (χ3v) is 1.41. The van der Waals surface area contributed by atoms with Gasteiger partial charge in [0.2, 0.25) is 0 Å². The highest BCUT2D eigenvalue weighted by atomic mass is 14.6. The van der Waals surface area contributed by atoms with E-state index in [0.29, 0.717) is 6.04 Å². The molecular formula is C9H19N. The van der Waals surface area contributed by atoms with Gasteiger partial charge in [-0.15, -0.1) is 0 Å². The van der Waals surface area contributed by atoms with Gasteiger partial charge in [-0.05, 0) is 26.2 Å². The first-order valence-electron chi connectivity index (χ1n) is 4.18. The van der Waals surface area contributed by atoms with Crippen LogP contribution in [0.4, 0.5) is 0 Å². The van der Waals surface area contributed by atoms with Crippen LogP contribution in [0, 0.1) is 0 Å². The maximum absolute atomic E-state index is 5.57. The minimum absolute atomic E-state index is 0.353. The monoisotopic (exact) mass is 141 g/mol. The molecule has 10 heavy (non-hydrogen) atoms. The van der Waals surface area contributed by atoms with Gasteiger partial charge in [-0.1, -0.05) is 25.5 Å². The van der Waals surface area contributed by atoms with Crippen LogP contribution in [0.25, 0.3) is 0 Å². The van der Waals surface area contributed by atoms with Gasteiger partial charge in [-0.25, -0.2) is 0 Å². The van der Waals surface area contributed by atoms with Crippen molar-refractivity contribution in [2.45, 2.75) is 45.6 Å². The fourth-order valence-electron chi connectivity index (χ4n) is 0.761. The number of rotatable bonds is 5. The van der Waals surface area contributed by atoms with Crippen LogP contribution >= 0.6 is 0 Å². The second-order valence-electron chi connectivity index (χ2n) is 2.81. The average Bonchev–Trinajstić information content (AvgIpc) is 1.87. The molecule has 0 bridgehead atoms. The number of allylic oxidation sites excluding steroid dienone is 2. The van der Waals surface area contributed by atoms with Crippen LogP contribution in [0.1, 0.15) is 39.5 Å². The van der Waals surface area contributed by atoms with E-state index < -0.39 is 0 Å². The minimum atomic E-state index is 0.353. The first-order valence-corrected chi connectivity index (χ1v) is 4.18. The lowest BCUT2D eigenvalue weighted by molar-refractivity contribution is 0.675. The molecule has 0 saturated heterocycles. The molecule has 0 amide bonds. The summed E-state index contributed by atoms with van der Waals surface area (Å²) in [5, 5.41) is 0. The van der Waals surface area contributed by atoms with Crippen molar-refractivity contribution in [3.8, 4) is 0 Å². The van der Waals surface area contributed by atoms with E-state index in [9.17, 15) is 0 Å². The van der Waals surface area contributed by atoms with Crippen LogP contribution < -0.4 is 5.73 Å². The van der Waals surface area contributed by atoms with Gasteiger partial charge in [-0.2, -0.15) is 0 Å². The Morgan fingerprint density at radius 1 is 1.30 bits per heavy atom. The maximum Gasteiger partial charge on any atom is 0.00134 e. The zero-order valence-electron chi connectivity index (χ0n) is 7.14. The van der Waals surface area contributed by atoms with Crippen LogP contribution in [0.2, 0.25) is 0 Å². The Morgan fingerprint density at radius 3 is 2.40 bits per heavy atom. The Kier molecular flexibility index (Phi) is 6.61. The molecule has 1 unspecified atom stereocenters. The predicted molar refractivity (Wildman–Crippen MR) is 46.9 cm³/mol. The van der Waals surface area contributed by atoms with Crippen molar-refractivity contribution in [1.29, 1.82) is 0 Å². The number of unbranched alkanes of at least 4 members (excludes halogenated alkanes) is 1. The van der Waals surface area contributed by atoms with Crippen LogP contribution in [0.15, 0.2) is 12.2 Å². The van der Waals surface area contributed by atoms with E-state index in [4.69, 9.17) is 5.73 Å². The molecule has 0 aliphatic rings. The van der Waals surface area contributed by atoms with Crippen LogP contribution in [-0.4, -0.2) is 6.04 Å². The first-order chi connectivity index (χ1) is 4.77. The summed E-state index contributed by atoms with van der Waals surface area (Å²) in [6.07, 6.45) is 9.17. The number of hydrogen-bond donors (Lipinski definition) is 1. The molecule has 2 N–H and O–H groups in total. The highest BCUT2D eigenvalue weighted by Crippen LogP contribution is 1.96. The van der Waals surface area contributed by atoms with Crippen molar-refractivity contribution in [1.82, 2.24) is 0 Å². The minimum Gasteiger partial charge on any atom is -0.328 e. The molecule has 0 aromatic carbocycles. The van der Waals surface area contributed by atoms with E-state index in [2.05, 4.69) is 19.1 Å².